The third-order valence-corrected chi connectivity index (χ3v) is 3.68. The quantitative estimate of drug-likeness (QED) is 0.884. The van der Waals surface area contributed by atoms with E-state index in [1.807, 2.05) is 12.1 Å². The highest BCUT2D eigenvalue weighted by Gasteiger charge is 2.16. The average molecular weight is 243 g/mol. The van der Waals surface area contributed by atoms with Gasteiger partial charge in [-0.2, -0.15) is 5.26 Å². The maximum Gasteiger partial charge on any atom is 0.0991 e. The Labute approximate surface area is 109 Å². The van der Waals surface area contributed by atoms with Crippen molar-refractivity contribution in [2.75, 3.05) is 20.1 Å². The molecule has 96 valence electrons. The number of nitrogens with zero attached hydrogens (tertiary/aromatic N) is 2. The van der Waals surface area contributed by atoms with Gasteiger partial charge in [-0.1, -0.05) is 12.1 Å². The van der Waals surface area contributed by atoms with Crippen LogP contribution in [-0.2, 0) is 6.54 Å². The fraction of sp³-hybridized carbons (Fsp3) is 0.533. The molecule has 0 spiro atoms. The third kappa shape index (κ3) is 3.56. The lowest BCUT2D eigenvalue weighted by Gasteiger charge is -2.26. The molecule has 0 amide bonds. The number of hydrogen-bond acceptors (Lipinski definition) is 3. The first-order valence-electron chi connectivity index (χ1n) is 6.69. The fourth-order valence-electron chi connectivity index (χ4n) is 2.54. The smallest absolute Gasteiger partial charge is 0.0991 e. The Morgan fingerprint density at radius 1 is 1.28 bits per heavy atom. The van der Waals surface area contributed by atoms with Crippen LogP contribution in [0.3, 0.4) is 0 Å². The van der Waals surface area contributed by atoms with Crippen LogP contribution in [0.4, 0.5) is 0 Å². The summed E-state index contributed by atoms with van der Waals surface area (Å²) in [5.41, 5.74) is 2.02. The van der Waals surface area contributed by atoms with Gasteiger partial charge in [0.1, 0.15) is 0 Å². The van der Waals surface area contributed by atoms with Crippen molar-refractivity contribution in [1.29, 1.82) is 5.26 Å². The minimum absolute atomic E-state index is 0.677. The molecule has 1 atom stereocenters. The van der Waals surface area contributed by atoms with Crippen LogP contribution in [0.2, 0.25) is 0 Å². The van der Waals surface area contributed by atoms with Crippen LogP contribution in [0, 0.1) is 11.3 Å². The van der Waals surface area contributed by atoms with Crippen molar-refractivity contribution in [3.63, 3.8) is 0 Å². The molecule has 1 unspecified atom stereocenters. The van der Waals surface area contributed by atoms with E-state index in [0.29, 0.717) is 6.04 Å². The van der Waals surface area contributed by atoms with Crippen molar-refractivity contribution in [2.45, 2.75) is 31.8 Å². The minimum atomic E-state index is 0.677. The first-order valence-corrected chi connectivity index (χ1v) is 6.69. The molecule has 1 aromatic carbocycles. The Morgan fingerprint density at radius 2 is 2.06 bits per heavy atom. The molecule has 0 radical (unpaired) electrons. The lowest BCUT2D eigenvalue weighted by molar-refractivity contribution is 0.216. The molecule has 0 bridgehead atoms. The van der Waals surface area contributed by atoms with Crippen LogP contribution >= 0.6 is 0 Å². The molecule has 1 saturated heterocycles. The SMILES string of the molecule is CN(Cc1ccc(C#N)cc1)C1CCCNCC1. The largest absolute Gasteiger partial charge is 0.317 e. The molecular weight excluding hydrogens is 222 g/mol. The van der Waals surface area contributed by atoms with Crippen molar-refractivity contribution < 1.29 is 0 Å². The second-order valence-electron chi connectivity index (χ2n) is 5.06. The second kappa shape index (κ2) is 6.53. The van der Waals surface area contributed by atoms with Crippen LogP contribution in [-0.4, -0.2) is 31.1 Å². The van der Waals surface area contributed by atoms with Gasteiger partial charge in [0.2, 0.25) is 0 Å². The molecule has 3 nitrogen and oxygen atoms in total. The van der Waals surface area contributed by atoms with Gasteiger partial charge in [-0.15, -0.1) is 0 Å². The summed E-state index contributed by atoms with van der Waals surface area (Å²) in [6.45, 7) is 3.25. The Balaban J connectivity index is 1.92. The molecule has 1 aliphatic heterocycles. The van der Waals surface area contributed by atoms with Gasteiger partial charge in [-0.25, -0.2) is 0 Å². The molecule has 1 fully saturated rings. The first kappa shape index (κ1) is 13.1. The van der Waals surface area contributed by atoms with Gasteiger partial charge in [0, 0.05) is 12.6 Å². The Morgan fingerprint density at radius 3 is 2.78 bits per heavy atom. The van der Waals surface area contributed by atoms with Crippen molar-refractivity contribution >= 4 is 0 Å². The van der Waals surface area contributed by atoms with E-state index in [1.165, 1.54) is 24.8 Å². The maximum absolute atomic E-state index is 8.78. The highest BCUT2D eigenvalue weighted by Crippen LogP contribution is 2.15. The Kier molecular flexibility index (Phi) is 4.74. The second-order valence-corrected chi connectivity index (χ2v) is 5.06. The summed E-state index contributed by atoms with van der Waals surface area (Å²) >= 11 is 0. The maximum atomic E-state index is 8.78. The van der Waals surface area contributed by atoms with E-state index >= 15 is 0 Å². The monoisotopic (exact) mass is 243 g/mol. The van der Waals surface area contributed by atoms with E-state index in [4.69, 9.17) is 5.26 Å². The molecule has 3 heteroatoms. The fourth-order valence-corrected chi connectivity index (χ4v) is 2.54. The Hall–Kier alpha value is -1.37. The zero-order valence-electron chi connectivity index (χ0n) is 11.0. The molecule has 1 N–H and O–H groups in total. The summed E-state index contributed by atoms with van der Waals surface area (Å²) in [6.07, 6.45) is 3.77. The van der Waals surface area contributed by atoms with Crippen LogP contribution in [0.25, 0.3) is 0 Å². The number of nitriles is 1. The van der Waals surface area contributed by atoms with Crippen LogP contribution < -0.4 is 5.32 Å². The van der Waals surface area contributed by atoms with Gasteiger partial charge >= 0.3 is 0 Å². The highest BCUT2D eigenvalue weighted by atomic mass is 15.1. The molecular formula is C15H21N3. The summed E-state index contributed by atoms with van der Waals surface area (Å²) in [5, 5.41) is 12.2. The molecule has 0 saturated carbocycles. The van der Waals surface area contributed by atoms with Crippen molar-refractivity contribution in [2.24, 2.45) is 0 Å². The van der Waals surface area contributed by atoms with Gasteiger partial charge < -0.3 is 5.32 Å². The normalized spacial score (nSPS) is 20.4. The summed E-state index contributed by atoms with van der Waals surface area (Å²) in [6, 6.07) is 10.8. The van der Waals surface area contributed by atoms with Crippen LogP contribution in [0.5, 0.6) is 0 Å². The predicted molar refractivity (Wildman–Crippen MR) is 73.1 cm³/mol. The zero-order valence-corrected chi connectivity index (χ0v) is 11.0. The van der Waals surface area contributed by atoms with Crippen molar-refractivity contribution in [1.82, 2.24) is 10.2 Å². The molecule has 1 aromatic rings. The number of nitrogens with one attached hydrogen (secondary N) is 1. The van der Waals surface area contributed by atoms with Crippen molar-refractivity contribution in [3.05, 3.63) is 35.4 Å². The lowest BCUT2D eigenvalue weighted by Crippen LogP contribution is -2.31. The van der Waals surface area contributed by atoms with Gasteiger partial charge in [-0.3, -0.25) is 4.90 Å². The van der Waals surface area contributed by atoms with Gasteiger partial charge in [0.05, 0.1) is 11.6 Å². The minimum Gasteiger partial charge on any atom is -0.317 e. The van der Waals surface area contributed by atoms with E-state index in [0.717, 1.165) is 25.2 Å². The van der Waals surface area contributed by atoms with E-state index < -0.39 is 0 Å². The summed E-state index contributed by atoms with van der Waals surface area (Å²) in [4.78, 5) is 2.44. The van der Waals surface area contributed by atoms with Crippen molar-refractivity contribution in [3.8, 4) is 6.07 Å². The van der Waals surface area contributed by atoms with Crippen LogP contribution in [0.15, 0.2) is 24.3 Å². The average Bonchev–Trinajstić information content (AvgIpc) is 2.68. The number of rotatable bonds is 3. The Bertz CT molecular complexity index is 397. The molecule has 18 heavy (non-hydrogen) atoms. The van der Waals surface area contributed by atoms with E-state index in [-0.39, 0.29) is 0 Å². The molecule has 0 aliphatic carbocycles. The molecule has 0 aromatic heterocycles. The molecule has 2 rings (SSSR count). The summed E-state index contributed by atoms with van der Waals surface area (Å²) in [5.74, 6) is 0. The summed E-state index contributed by atoms with van der Waals surface area (Å²) in [7, 11) is 2.20. The first-order chi connectivity index (χ1) is 8.79. The van der Waals surface area contributed by atoms with E-state index in [2.05, 4.69) is 35.5 Å². The standard InChI is InChI=1S/C15H21N3/c1-18(15-3-2-9-17-10-8-15)12-14-6-4-13(11-16)5-7-14/h4-7,15,17H,2-3,8-10,12H2,1H3. The van der Waals surface area contributed by atoms with E-state index in [9.17, 15) is 0 Å². The van der Waals surface area contributed by atoms with Gasteiger partial charge in [0.25, 0.3) is 0 Å². The summed E-state index contributed by atoms with van der Waals surface area (Å²) < 4.78 is 0. The van der Waals surface area contributed by atoms with Gasteiger partial charge in [-0.05, 0) is 57.1 Å². The number of benzene rings is 1. The third-order valence-electron chi connectivity index (χ3n) is 3.68. The predicted octanol–water partition coefficient (Wildman–Crippen LogP) is 2.13. The zero-order chi connectivity index (χ0) is 12.8. The number of hydrogen-bond donors (Lipinski definition) is 1. The van der Waals surface area contributed by atoms with Crippen LogP contribution in [0.1, 0.15) is 30.4 Å². The topological polar surface area (TPSA) is 39.1 Å². The highest BCUT2D eigenvalue weighted by molar-refractivity contribution is 5.31. The van der Waals surface area contributed by atoms with Gasteiger partial charge in [0.15, 0.2) is 0 Å². The van der Waals surface area contributed by atoms with E-state index in [1.54, 1.807) is 0 Å². The lowest BCUT2D eigenvalue weighted by atomic mass is 10.1. The molecule has 1 heterocycles. The molecule has 1 aliphatic rings.